The molecule has 0 rings (SSSR count). The zero-order chi connectivity index (χ0) is 32.8. The van der Waals surface area contributed by atoms with Gasteiger partial charge in [0.1, 0.15) is 0 Å². The number of aliphatic carboxylic acids is 10. The van der Waals surface area contributed by atoms with Gasteiger partial charge < -0.3 is 99.0 Å². The van der Waals surface area contributed by atoms with Gasteiger partial charge in [-0.3, -0.25) is 0 Å². The molecule has 0 aliphatic carbocycles. The number of hydrogen-bond acceptors (Lipinski definition) is 20. The Morgan fingerprint density at radius 1 is 0.214 bits per heavy atom. The van der Waals surface area contributed by atoms with Gasteiger partial charge in [0.2, 0.25) is 0 Å². The summed E-state index contributed by atoms with van der Waals surface area (Å²) in [6, 6.07) is 0. The van der Waals surface area contributed by atoms with E-state index >= 15 is 0 Å². The van der Waals surface area contributed by atoms with E-state index in [0.29, 0.717) is 60.8 Å². The average molecular weight is 756 g/mol. The van der Waals surface area contributed by atoms with E-state index < -0.39 is 59.7 Å². The van der Waals surface area contributed by atoms with Crippen molar-refractivity contribution in [2.24, 2.45) is 0 Å². The van der Waals surface area contributed by atoms with Crippen LogP contribution < -0.4 is 51.1 Å². The summed E-state index contributed by atoms with van der Waals surface area (Å²) >= 11 is 0. The Morgan fingerprint density at radius 3 is 0.286 bits per heavy atom. The summed E-state index contributed by atoms with van der Waals surface area (Å²) in [5, 5.41) is 94.1. The van der Waals surface area contributed by atoms with Crippen LogP contribution in [0.2, 0.25) is 0 Å². The predicted molar refractivity (Wildman–Crippen MR) is 95.8 cm³/mol. The molecule has 0 aromatic carbocycles. The van der Waals surface area contributed by atoms with Gasteiger partial charge in [0, 0.05) is 0 Å². The molecule has 0 N–H and O–H groups in total. The van der Waals surface area contributed by atoms with E-state index in [2.05, 4.69) is 0 Å². The smallest absolute Gasteiger partial charge is 0.545 e. The summed E-state index contributed by atoms with van der Waals surface area (Å²) in [5.74, 6) is -15.5. The van der Waals surface area contributed by atoms with Crippen LogP contribution in [0.25, 0.3) is 0 Å². The maximum absolute atomic E-state index is 9.41. The zero-order valence-electron chi connectivity index (χ0n) is 19.8. The van der Waals surface area contributed by atoms with Crippen molar-refractivity contribution in [1.29, 1.82) is 0 Å². The third-order valence-corrected chi connectivity index (χ3v) is 1.78. The molecule has 20 nitrogen and oxygen atoms in total. The minimum Gasteiger partial charge on any atom is -0.545 e. The summed E-state index contributed by atoms with van der Waals surface area (Å²) in [6.45, 7) is 0. The molecule has 0 saturated heterocycles. The van der Waals surface area contributed by atoms with Crippen molar-refractivity contribution in [3.05, 3.63) is 60.8 Å². The number of carboxylic acid groups (broad SMARTS) is 10. The van der Waals surface area contributed by atoms with Crippen LogP contribution in [0.4, 0.5) is 0 Å². The van der Waals surface area contributed by atoms with Crippen molar-refractivity contribution in [3.8, 4) is 0 Å². The molecule has 0 amide bonds. The quantitative estimate of drug-likeness (QED) is 0.147. The molecule has 0 bridgehead atoms. The van der Waals surface area contributed by atoms with Crippen LogP contribution in [0, 0.1) is 0 Å². The molecular weight excluding hydrogens is 746 g/mol. The van der Waals surface area contributed by atoms with Crippen LogP contribution in [0.1, 0.15) is 0 Å². The Hall–Kier alpha value is -5.12. The molecule has 0 aromatic heterocycles. The van der Waals surface area contributed by atoms with Crippen molar-refractivity contribution in [1.82, 2.24) is 0 Å². The molecule has 0 heterocycles. The zero-order valence-corrected chi connectivity index (χ0v) is 24.2. The van der Waals surface area contributed by atoms with Crippen molar-refractivity contribution in [3.63, 3.8) is 0 Å². The van der Waals surface area contributed by atoms with Crippen LogP contribution in [0.15, 0.2) is 60.8 Å². The van der Waals surface area contributed by atoms with Crippen molar-refractivity contribution in [2.45, 2.75) is 0 Å². The van der Waals surface area contributed by atoms with E-state index in [1.165, 1.54) is 0 Å². The van der Waals surface area contributed by atoms with Gasteiger partial charge in [0.05, 0.1) is 59.7 Å². The molecule has 0 radical (unpaired) electrons. The number of hydrogen-bond donors (Lipinski definition) is 0. The normalized spacial score (nSPS) is 9.05. The molecule has 0 aromatic rings. The van der Waals surface area contributed by atoms with Crippen LogP contribution in [0.5, 0.6) is 0 Å². The van der Waals surface area contributed by atoms with Gasteiger partial charge >= 0.3 is 44.8 Å². The molecule has 22 heteroatoms. The minimum absolute atomic E-state index is 0. The molecule has 0 aliphatic rings. The van der Waals surface area contributed by atoms with Crippen LogP contribution >= 0.6 is 0 Å². The standard InChI is InChI=1S/5C4H4O4.2Nb/c5*5-3(6)1-2-4(7)8;;/h5*1-2H,(H,5,6)(H,7,8);;/q;;;;;2*+5/p-10. The fourth-order valence-corrected chi connectivity index (χ4v) is 0.680. The number of carbonyl (C=O) groups is 10. The summed E-state index contributed by atoms with van der Waals surface area (Å²) in [6.07, 6.45) is 3.84. The molecule has 42 heavy (non-hydrogen) atoms. The van der Waals surface area contributed by atoms with Crippen molar-refractivity contribution < 1.29 is 144 Å². The van der Waals surface area contributed by atoms with Gasteiger partial charge in [0.25, 0.3) is 0 Å². The average Bonchev–Trinajstić information content (AvgIpc) is 2.79. The number of carboxylic acids is 10. The van der Waals surface area contributed by atoms with E-state index in [-0.39, 0.29) is 44.8 Å². The van der Waals surface area contributed by atoms with Gasteiger partial charge in [-0.2, -0.15) is 0 Å². The Kier molecular flexibility index (Phi) is 45.4. The van der Waals surface area contributed by atoms with Gasteiger partial charge in [-0.15, -0.1) is 0 Å². The Labute approximate surface area is 263 Å². The molecule has 0 spiro atoms. The Morgan fingerprint density at radius 2 is 0.262 bits per heavy atom. The topological polar surface area (TPSA) is 401 Å². The molecular formula is C20H10Nb2O20. The molecule has 0 atom stereocenters. The fraction of sp³-hybridized carbons (Fsp3) is 0. The first kappa shape index (κ1) is 53.2. The molecule has 0 saturated carbocycles. The van der Waals surface area contributed by atoms with Crippen molar-refractivity contribution >= 4 is 59.7 Å². The second-order valence-corrected chi connectivity index (χ2v) is 4.86. The van der Waals surface area contributed by atoms with Gasteiger partial charge in [-0.25, -0.2) is 0 Å². The molecule has 0 aliphatic heterocycles. The van der Waals surface area contributed by atoms with Gasteiger partial charge in [-0.05, 0) is 60.8 Å². The summed E-state index contributed by atoms with van der Waals surface area (Å²) in [5.41, 5.74) is 0. The first-order valence-corrected chi connectivity index (χ1v) is 8.64. The van der Waals surface area contributed by atoms with Crippen LogP contribution in [0.3, 0.4) is 0 Å². The Bertz CT molecular complexity index is 804. The van der Waals surface area contributed by atoms with E-state index in [1.807, 2.05) is 0 Å². The predicted octanol–water partition coefficient (Wildman–Crippen LogP) is -14.8. The number of rotatable bonds is 10. The third-order valence-electron chi connectivity index (χ3n) is 1.78. The first-order chi connectivity index (χ1) is 18.1. The molecule has 220 valence electrons. The number of carbonyl (C=O) groups excluding carboxylic acids is 10. The minimum atomic E-state index is -1.55. The third kappa shape index (κ3) is 101. The fourth-order valence-electron chi connectivity index (χ4n) is 0.680. The maximum Gasteiger partial charge on any atom is 5.00 e. The van der Waals surface area contributed by atoms with Gasteiger partial charge in [0.15, 0.2) is 0 Å². The molecule has 0 unspecified atom stereocenters. The van der Waals surface area contributed by atoms with Crippen molar-refractivity contribution in [2.75, 3.05) is 0 Å². The second-order valence-electron chi connectivity index (χ2n) is 4.86. The SMILES string of the molecule is O=C([O-])C=CC(=O)[O-].O=C([O-])C=CC(=O)[O-].O=C([O-])C=CC(=O)[O-].O=C([O-])C=CC(=O)[O-].O=C([O-])C=CC(=O)[O-].[Nb+5].[Nb+5]. The largest absolute Gasteiger partial charge is 5.00 e. The van der Waals surface area contributed by atoms with Gasteiger partial charge in [-0.1, -0.05) is 0 Å². The van der Waals surface area contributed by atoms with E-state index in [1.54, 1.807) is 0 Å². The summed E-state index contributed by atoms with van der Waals surface area (Å²) in [7, 11) is 0. The molecule has 0 fully saturated rings. The summed E-state index contributed by atoms with van der Waals surface area (Å²) < 4.78 is 0. The maximum atomic E-state index is 9.41. The Balaban J connectivity index is -0.0000000721. The van der Waals surface area contributed by atoms with Crippen LogP contribution in [-0.2, 0) is 92.7 Å². The first-order valence-electron chi connectivity index (χ1n) is 8.64. The summed E-state index contributed by atoms with van der Waals surface area (Å²) in [4.78, 5) is 94.1. The second kappa shape index (κ2) is 35.9. The monoisotopic (exact) mass is 756 g/mol. The van der Waals surface area contributed by atoms with Crippen LogP contribution in [-0.4, -0.2) is 59.7 Å². The van der Waals surface area contributed by atoms with E-state index in [4.69, 9.17) is 0 Å². The van der Waals surface area contributed by atoms with E-state index in [0.717, 1.165) is 0 Å². The van der Waals surface area contributed by atoms with E-state index in [9.17, 15) is 99.0 Å².